The minimum atomic E-state index is -0.397. The van der Waals surface area contributed by atoms with Gasteiger partial charge >= 0.3 is 0 Å². The summed E-state index contributed by atoms with van der Waals surface area (Å²) in [5.41, 5.74) is 0.320. The van der Waals surface area contributed by atoms with Crippen molar-refractivity contribution in [3.63, 3.8) is 0 Å². The first-order valence-electron chi connectivity index (χ1n) is 9.04. The molecule has 6 heteroatoms. The molecule has 1 aromatic heterocycles. The molecule has 3 fully saturated rings. The van der Waals surface area contributed by atoms with Crippen LogP contribution in [0.4, 0.5) is 0 Å². The predicted octanol–water partition coefficient (Wildman–Crippen LogP) is 0.842. The third kappa shape index (κ3) is 2.62. The summed E-state index contributed by atoms with van der Waals surface area (Å²) < 4.78 is 1.86. The lowest BCUT2D eigenvalue weighted by atomic mass is 9.82. The molecule has 3 heterocycles. The highest BCUT2D eigenvalue weighted by molar-refractivity contribution is 5.93. The first-order chi connectivity index (χ1) is 11.6. The smallest absolute Gasteiger partial charge is 0.270 e. The zero-order valence-corrected chi connectivity index (χ0v) is 14.3. The van der Waals surface area contributed by atoms with Crippen LogP contribution in [0, 0.1) is 5.92 Å². The van der Waals surface area contributed by atoms with Crippen LogP contribution in [0.3, 0.4) is 0 Å². The number of hydrogen-bond donors (Lipinski definition) is 1. The molecule has 0 radical (unpaired) electrons. The van der Waals surface area contributed by atoms with Crippen molar-refractivity contribution >= 4 is 11.8 Å². The number of carbonyl (C=O) groups excluding carboxylic acids is 2. The average molecular weight is 330 g/mol. The quantitative estimate of drug-likeness (QED) is 0.894. The van der Waals surface area contributed by atoms with E-state index in [0.29, 0.717) is 18.8 Å². The lowest BCUT2D eigenvalue weighted by Crippen LogP contribution is -2.68. The number of nitrogens with one attached hydrogen (secondary N) is 1. The van der Waals surface area contributed by atoms with Gasteiger partial charge in [0.05, 0.1) is 0 Å². The number of likely N-dealkylation sites (tertiary alicyclic amines) is 1. The molecule has 0 unspecified atom stereocenters. The fraction of sp³-hybridized carbons (Fsp3) is 0.667. The second-order valence-electron chi connectivity index (χ2n) is 7.47. The summed E-state index contributed by atoms with van der Waals surface area (Å²) in [6.07, 6.45) is 5.96. The molecule has 1 N–H and O–H groups in total. The fourth-order valence-electron chi connectivity index (χ4n) is 4.17. The molecule has 0 aromatic carbocycles. The number of piperidine rings is 1. The van der Waals surface area contributed by atoms with E-state index < -0.39 is 5.54 Å². The van der Waals surface area contributed by atoms with Gasteiger partial charge in [-0.15, -0.1) is 0 Å². The van der Waals surface area contributed by atoms with Crippen molar-refractivity contribution in [2.75, 3.05) is 32.7 Å². The van der Waals surface area contributed by atoms with Crippen LogP contribution in [0.5, 0.6) is 0 Å². The van der Waals surface area contributed by atoms with Gasteiger partial charge in [-0.1, -0.05) is 0 Å². The van der Waals surface area contributed by atoms with Crippen molar-refractivity contribution in [2.24, 2.45) is 13.0 Å². The van der Waals surface area contributed by atoms with Gasteiger partial charge in [0.1, 0.15) is 11.2 Å². The molecule has 1 aliphatic carbocycles. The SMILES string of the molecule is Cn1cccc1C(=O)N1CCC2(CC1)C(=O)NCCN2CC1CC1. The molecule has 6 nitrogen and oxygen atoms in total. The molecule has 24 heavy (non-hydrogen) atoms. The van der Waals surface area contributed by atoms with Crippen LogP contribution in [0.25, 0.3) is 0 Å². The average Bonchev–Trinajstić information content (AvgIpc) is 3.30. The van der Waals surface area contributed by atoms with Crippen LogP contribution in [-0.2, 0) is 11.8 Å². The minimum Gasteiger partial charge on any atom is -0.353 e. The largest absolute Gasteiger partial charge is 0.353 e. The Labute approximate surface area is 142 Å². The first-order valence-corrected chi connectivity index (χ1v) is 9.04. The van der Waals surface area contributed by atoms with Gasteiger partial charge in [-0.3, -0.25) is 14.5 Å². The number of piperazine rings is 1. The highest BCUT2D eigenvalue weighted by Crippen LogP contribution is 2.37. The molecule has 1 spiro atoms. The van der Waals surface area contributed by atoms with E-state index in [1.54, 1.807) is 0 Å². The molecule has 130 valence electrons. The third-order valence-electron chi connectivity index (χ3n) is 5.91. The molecular weight excluding hydrogens is 304 g/mol. The number of nitrogens with zero attached hydrogens (tertiary/aromatic N) is 3. The van der Waals surface area contributed by atoms with Crippen LogP contribution in [0.2, 0.25) is 0 Å². The van der Waals surface area contributed by atoms with Crippen LogP contribution in [0.15, 0.2) is 18.3 Å². The standard InChI is InChI=1S/C18H26N4O2/c1-20-9-2-3-15(20)16(23)21-10-6-18(7-11-21)17(24)19-8-12-22(18)13-14-4-5-14/h2-3,9,14H,4-8,10-13H2,1H3,(H,19,24). The van der Waals surface area contributed by atoms with Crippen molar-refractivity contribution in [3.05, 3.63) is 24.0 Å². The van der Waals surface area contributed by atoms with Crippen molar-refractivity contribution in [1.82, 2.24) is 19.7 Å². The molecule has 4 rings (SSSR count). The number of aryl methyl sites for hydroxylation is 1. The Bertz CT molecular complexity index is 641. The third-order valence-corrected chi connectivity index (χ3v) is 5.91. The van der Waals surface area contributed by atoms with E-state index in [-0.39, 0.29) is 11.8 Å². The maximum Gasteiger partial charge on any atom is 0.270 e. The van der Waals surface area contributed by atoms with Gasteiger partial charge in [0, 0.05) is 46.0 Å². The zero-order valence-electron chi connectivity index (χ0n) is 14.3. The summed E-state index contributed by atoms with van der Waals surface area (Å²) in [6, 6.07) is 3.75. The van der Waals surface area contributed by atoms with E-state index in [2.05, 4.69) is 10.2 Å². The Balaban J connectivity index is 1.47. The Morgan fingerprint density at radius 2 is 2.04 bits per heavy atom. The van der Waals surface area contributed by atoms with Crippen molar-refractivity contribution in [1.29, 1.82) is 0 Å². The Morgan fingerprint density at radius 1 is 1.29 bits per heavy atom. The molecule has 1 saturated carbocycles. The lowest BCUT2D eigenvalue weighted by Gasteiger charge is -2.50. The summed E-state index contributed by atoms with van der Waals surface area (Å²) in [4.78, 5) is 29.7. The van der Waals surface area contributed by atoms with Crippen LogP contribution in [-0.4, -0.2) is 64.4 Å². The Kier molecular flexibility index (Phi) is 3.87. The van der Waals surface area contributed by atoms with Gasteiger partial charge < -0.3 is 14.8 Å². The lowest BCUT2D eigenvalue weighted by molar-refractivity contribution is -0.141. The fourth-order valence-corrected chi connectivity index (χ4v) is 4.17. The van der Waals surface area contributed by atoms with Crippen LogP contribution < -0.4 is 5.32 Å². The van der Waals surface area contributed by atoms with E-state index in [1.807, 2.05) is 34.8 Å². The topological polar surface area (TPSA) is 57.6 Å². The Morgan fingerprint density at radius 3 is 2.67 bits per heavy atom. The number of aromatic nitrogens is 1. The summed E-state index contributed by atoms with van der Waals surface area (Å²) in [5.74, 6) is 1.01. The van der Waals surface area contributed by atoms with E-state index in [9.17, 15) is 9.59 Å². The number of amides is 2. The molecule has 2 amide bonds. The number of rotatable bonds is 3. The molecule has 0 atom stereocenters. The first kappa shape index (κ1) is 15.7. The van der Waals surface area contributed by atoms with Gasteiger partial charge in [-0.05, 0) is 43.7 Å². The van der Waals surface area contributed by atoms with E-state index in [4.69, 9.17) is 0 Å². The van der Waals surface area contributed by atoms with Gasteiger partial charge in [-0.2, -0.15) is 0 Å². The van der Waals surface area contributed by atoms with E-state index in [0.717, 1.165) is 38.4 Å². The molecule has 1 aromatic rings. The zero-order chi connectivity index (χ0) is 16.7. The van der Waals surface area contributed by atoms with E-state index in [1.165, 1.54) is 12.8 Å². The Hall–Kier alpha value is -1.82. The predicted molar refractivity (Wildman–Crippen MR) is 90.6 cm³/mol. The van der Waals surface area contributed by atoms with Gasteiger partial charge in [-0.25, -0.2) is 0 Å². The molecule has 3 aliphatic rings. The second kappa shape index (κ2) is 5.92. The summed E-state index contributed by atoms with van der Waals surface area (Å²) in [7, 11) is 1.89. The molecular formula is C18H26N4O2. The second-order valence-corrected chi connectivity index (χ2v) is 7.47. The van der Waals surface area contributed by atoms with Crippen molar-refractivity contribution < 1.29 is 9.59 Å². The summed E-state index contributed by atoms with van der Waals surface area (Å²) in [5, 5.41) is 3.06. The van der Waals surface area contributed by atoms with Gasteiger partial charge in [0.15, 0.2) is 0 Å². The normalized spacial score (nSPS) is 24.2. The number of carbonyl (C=O) groups is 2. The van der Waals surface area contributed by atoms with Crippen molar-refractivity contribution in [3.8, 4) is 0 Å². The number of hydrogen-bond acceptors (Lipinski definition) is 3. The summed E-state index contributed by atoms with van der Waals surface area (Å²) >= 11 is 0. The molecule has 0 bridgehead atoms. The van der Waals surface area contributed by atoms with Crippen molar-refractivity contribution in [2.45, 2.75) is 31.2 Å². The highest BCUT2D eigenvalue weighted by Gasteiger charge is 2.49. The summed E-state index contributed by atoms with van der Waals surface area (Å²) in [6.45, 7) is 4.03. The molecule has 2 saturated heterocycles. The van der Waals surface area contributed by atoms with E-state index >= 15 is 0 Å². The monoisotopic (exact) mass is 330 g/mol. The minimum absolute atomic E-state index is 0.0716. The van der Waals surface area contributed by atoms with Gasteiger partial charge in [0.25, 0.3) is 5.91 Å². The molecule has 2 aliphatic heterocycles. The van der Waals surface area contributed by atoms with Gasteiger partial charge in [0.2, 0.25) is 5.91 Å². The van der Waals surface area contributed by atoms with Crippen LogP contribution in [0.1, 0.15) is 36.2 Å². The maximum atomic E-state index is 12.7. The maximum absolute atomic E-state index is 12.7. The van der Waals surface area contributed by atoms with Crippen LogP contribution >= 0.6 is 0 Å². The highest BCUT2D eigenvalue weighted by atomic mass is 16.2.